The monoisotopic (exact) mass is 1390 g/mol. The van der Waals surface area contributed by atoms with E-state index in [1.165, 1.54) is 0 Å². The molecule has 0 amide bonds. The van der Waals surface area contributed by atoms with Gasteiger partial charge in [0.1, 0.15) is 49.4 Å². The molecule has 106 heavy (non-hydrogen) atoms. The summed E-state index contributed by atoms with van der Waals surface area (Å²) in [4.78, 5) is 29.6. The van der Waals surface area contributed by atoms with E-state index in [2.05, 4.69) is 0 Å². The lowest BCUT2D eigenvalue weighted by Crippen LogP contribution is -2.10. The average molecular weight is 1390 g/mol. The predicted octanol–water partition coefficient (Wildman–Crippen LogP) is 22.7. The minimum absolute atomic E-state index is 0.0632. The molecule has 6 aromatic heterocycles. The zero-order chi connectivity index (χ0) is 71.6. The molecule has 516 valence electrons. The molecule has 1 aliphatic carbocycles. The highest BCUT2D eigenvalue weighted by atomic mass is 16.5. The van der Waals surface area contributed by atoms with Gasteiger partial charge in [0.05, 0.1) is 91.1 Å². The summed E-state index contributed by atoms with van der Waals surface area (Å²) in [6.45, 7) is 4.29. The minimum Gasteiger partial charge on any atom is -0.487 e. The van der Waals surface area contributed by atoms with Gasteiger partial charge < -0.3 is 18.9 Å². The Bertz CT molecular complexity index is 5080. The van der Waals surface area contributed by atoms with Crippen molar-refractivity contribution < 1.29 is 18.9 Å². The standard InChI is InChI=1S/C88H70N14O4/c1-59-23-19-37-81(91-59)83-39-21-35-75(93-83)57-105-87-65-43-61-47-77(99-95-69-25-7-3-8-26-69)49-63(85(61)103-55-73-33-15-17-41-89-73)45-67-53-80(102-98-72-31-13-6-14-32-72)54-68(88(67)106-58-76-36-22-40-84(94-76)82-38-20-24-60(2)92-82)46-64-50-78(100-96-70-27-9-4-10-28-70)48-62(86(64)104-56-74-34-16-18-42-90-74)44-66(87)52-79(51-65)101-97-71-29-11-5-12-30-71/h3-42,47-54H,43-46,55-58H2,1-2H3. The van der Waals surface area contributed by atoms with Crippen LogP contribution in [0, 0.1) is 13.8 Å². The topological polar surface area (TPSA) is 213 Å². The first kappa shape index (κ1) is 68.1. The Kier molecular flexibility index (Phi) is 21.1. The van der Waals surface area contributed by atoms with Crippen LogP contribution in [0.5, 0.6) is 23.0 Å². The van der Waals surface area contributed by atoms with Crippen molar-refractivity contribution in [3.8, 4) is 45.8 Å². The van der Waals surface area contributed by atoms with E-state index in [9.17, 15) is 0 Å². The summed E-state index contributed by atoms with van der Waals surface area (Å²) in [7, 11) is 0. The Balaban J connectivity index is 1.000. The highest BCUT2D eigenvalue weighted by Gasteiger charge is 2.26. The Hall–Kier alpha value is -13.7. The van der Waals surface area contributed by atoms with Gasteiger partial charge in [0.15, 0.2) is 0 Å². The van der Waals surface area contributed by atoms with Crippen molar-refractivity contribution in [2.45, 2.75) is 66.0 Å². The van der Waals surface area contributed by atoms with E-state index in [0.29, 0.717) is 91.3 Å². The van der Waals surface area contributed by atoms with Gasteiger partial charge in [0.2, 0.25) is 0 Å². The second-order valence-electron chi connectivity index (χ2n) is 25.4. The van der Waals surface area contributed by atoms with Crippen LogP contribution in [0.1, 0.15) is 78.7 Å². The van der Waals surface area contributed by atoms with E-state index in [1.807, 2.05) is 293 Å². The zero-order valence-corrected chi connectivity index (χ0v) is 58.3. The highest BCUT2D eigenvalue weighted by molar-refractivity contribution is 5.66. The average Bonchev–Trinajstić information content (AvgIpc) is 0.780. The lowest BCUT2D eigenvalue weighted by molar-refractivity contribution is 0.289. The fraction of sp³-hybridized carbons (Fsp3) is 0.114. The number of rotatable bonds is 22. The number of aryl methyl sites for hydroxylation is 2. The van der Waals surface area contributed by atoms with E-state index in [1.54, 1.807) is 12.4 Å². The second kappa shape index (κ2) is 32.9. The molecule has 0 N–H and O–H groups in total. The molecule has 18 heteroatoms. The SMILES string of the molecule is Cc1cccc(-c2cccc(COc3c4cc(N=Nc5ccccc5)cc3Cc3cc(N=Nc5ccccc5)cc(c3OCc3ccccn3)Cc3cc(N=Nc5ccccc5)cc(c3OCc3cccc(-c5cccc(C)n5)n3)Cc3cc(N=Nc5ccccc5)cc(c3OCc3ccccn3)C4)n2)n1. The molecule has 6 heterocycles. The van der Waals surface area contributed by atoms with E-state index in [0.717, 1.165) is 78.7 Å². The molecule has 0 fully saturated rings. The summed E-state index contributed by atoms with van der Waals surface area (Å²) < 4.78 is 29.5. The maximum Gasteiger partial charge on any atom is 0.130 e. The largest absolute Gasteiger partial charge is 0.487 e. The van der Waals surface area contributed by atoms with E-state index < -0.39 is 0 Å². The summed E-state index contributed by atoms with van der Waals surface area (Å²) in [6, 6.07) is 90.2. The number of pyridine rings is 6. The molecule has 0 unspecified atom stereocenters. The van der Waals surface area contributed by atoms with Crippen LogP contribution < -0.4 is 18.9 Å². The quantitative estimate of drug-likeness (QED) is 0.0585. The first-order valence-corrected chi connectivity index (χ1v) is 34.9. The molecular weight excluding hydrogens is 1320 g/mol. The maximum atomic E-state index is 7.42. The van der Waals surface area contributed by atoms with Gasteiger partial charge in [0.25, 0.3) is 0 Å². The first-order chi connectivity index (χ1) is 52.2. The lowest BCUT2D eigenvalue weighted by Gasteiger charge is -2.24. The number of nitrogens with zero attached hydrogens (tertiary/aromatic N) is 14. The lowest BCUT2D eigenvalue weighted by atomic mass is 9.90. The van der Waals surface area contributed by atoms with Gasteiger partial charge in [-0.15, -0.1) is 0 Å². The molecule has 8 bridgehead atoms. The molecule has 0 radical (unpaired) electrons. The Morgan fingerprint density at radius 1 is 0.236 bits per heavy atom. The van der Waals surface area contributed by atoms with Gasteiger partial charge in [-0.05, 0) is 184 Å². The molecule has 15 rings (SSSR count). The smallest absolute Gasteiger partial charge is 0.130 e. The molecule has 1 aliphatic rings. The molecular formula is C88H70N14O4. The predicted molar refractivity (Wildman–Crippen MR) is 410 cm³/mol. The van der Waals surface area contributed by atoms with Gasteiger partial charge in [-0.1, -0.05) is 109 Å². The number of fused-ring (bicyclic) bond motifs is 8. The fourth-order valence-electron chi connectivity index (χ4n) is 12.6. The highest BCUT2D eigenvalue weighted by Crippen LogP contribution is 2.45. The number of hydrogen-bond donors (Lipinski definition) is 0. The molecule has 0 atom stereocenters. The zero-order valence-electron chi connectivity index (χ0n) is 58.3. The van der Waals surface area contributed by atoms with Gasteiger partial charge in [0, 0.05) is 94.0 Å². The summed E-state index contributed by atoms with van der Waals surface area (Å²) in [5.41, 5.74) is 18.4. The summed E-state index contributed by atoms with van der Waals surface area (Å²) in [6.07, 6.45) is 4.34. The van der Waals surface area contributed by atoms with Crippen molar-refractivity contribution in [1.82, 2.24) is 29.9 Å². The molecule has 0 aliphatic heterocycles. The first-order valence-electron chi connectivity index (χ1n) is 34.9. The maximum absolute atomic E-state index is 7.42. The Morgan fingerprint density at radius 2 is 0.472 bits per heavy atom. The molecule has 18 nitrogen and oxygen atoms in total. The van der Waals surface area contributed by atoms with Crippen molar-refractivity contribution in [3.63, 3.8) is 0 Å². The van der Waals surface area contributed by atoms with E-state index in [-0.39, 0.29) is 52.1 Å². The van der Waals surface area contributed by atoms with Crippen LogP contribution in [0.4, 0.5) is 45.5 Å². The number of aromatic nitrogens is 6. The molecule has 14 aromatic rings. The summed E-state index contributed by atoms with van der Waals surface area (Å²) in [5.74, 6) is 2.29. The number of benzene rings is 8. The van der Waals surface area contributed by atoms with Crippen LogP contribution in [0.3, 0.4) is 0 Å². The third-order valence-corrected chi connectivity index (χ3v) is 17.4. The normalized spacial score (nSPS) is 12.1. The number of ether oxygens (including phenoxy) is 4. The Labute approximate surface area is 613 Å². The van der Waals surface area contributed by atoms with Crippen LogP contribution >= 0.6 is 0 Å². The van der Waals surface area contributed by atoms with Gasteiger partial charge in [-0.25, -0.2) is 9.97 Å². The van der Waals surface area contributed by atoms with E-state index >= 15 is 0 Å². The summed E-state index contributed by atoms with van der Waals surface area (Å²) >= 11 is 0. The molecule has 0 saturated carbocycles. The number of hydrogen-bond acceptors (Lipinski definition) is 18. The van der Waals surface area contributed by atoms with Crippen LogP contribution in [0.25, 0.3) is 22.8 Å². The van der Waals surface area contributed by atoms with Crippen molar-refractivity contribution in [2.75, 3.05) is 0 Å². The van der Waals surface area contributed by atoms with Gasteiger partial charge in [-0.2, -0.15) is 40.9 Å². The molecule has 0 saturated heterocycles. The fourth-order valence-corrected chi connectivity index (χ4v) is 12.6. The van der Waals surface area contributed by atoms with E-state index in [4.69, 9.17) is 89.8 Å². The minimum atomic E-state index is 0.0632. The second-order valence-corrected chi connectivity index (χ2v) is 25.4. The van der Waals surface area contributed by atoms with Crippen LogP contribution in [-0.2, 0) is 52.1 Å². The van der Waals surface area contributed by atoms with Crippen molar-refractivity contribution in [2.24, 2.45) is 40.9 Å². The van der Waals surface area contributed by atoms with Gasteiger partial charge in [-0.3, -0.25) is 19.9 Å². The van der Waals surface area contributed by atoms with Crippen LogP contribution in [0.15, 0.2) is 332 Å². The van der Waals surface area contributed by atoms with Crippen LogP contribution in [-0.4, -0.2) is 29.9 Å². The Morgan fingerprint density at radius 3 is 0.736 bits per heavy atom. The van der Waals surface area contributed by atoms with Crippen molar-refractivity contribution >= 4 is 45.5 Å². The summed E-state index contributed by atoms with van der Waals surface area (Å²) in [5, 5.41) is 39.5. The molecule has 0 spiro atoms. The molecule has 8 aromatic carbocycles. The van der Waals surface area contributed by atoms with Crippen molar-refractivity contribution in [1.29, 1.82) is 0 Å². The van der Waals surface area contributed by atoms with Gasteiger partial charge >= 0.3 is 0 Å². The third-order valence-electron chi connectivity index (χ3n) is 17.4. The third kappa shape index (κ3) is 17.6. The van der Waals surface area contributed by atoms with Crippen LogP contribution in [0.2, 0.25) is 0 Å². The number of azo groups is 4. The van der Waals surface area contributed by atoms with Crippen molar-refractivity contribution in [3.05, 3.63) is 370 Å².